The number of benzene rings is 1. The lowest BCUT2D eigenvalue weighted by atomic mass is 10.2. The first-order valence-corrected chi connectivity index (χ1v) is 8.96. The molecule has 1 aromatic rings. The number of hydrogen-bond donors (Lipinski definition) is 2. The van der Waals surface area contributed by atoms with Gasteiger partial charge in [0.25, 0.3) is 0 Å². The predicted octanol–water partition coefficient (Wildman–Crippen LogP) is 1.53. The van der Waals surface area contributed by atoms with Gasteiger partial charge in [-0.25, -0.2) is 0 Å². The molecule has 5 nitrogen and oxygen atoms in total. The highest BCUT2D eigenvalue weighted by Crippen LogP contribution is 2.15. The van der Waals surface area contributed by atoms with Crippen LogP contribution in [0.25, 0.3) is 0 Å². The number of para-hydroxylation sites is 1. The van der Waals surface area contributed by atoms with Gasteiger partial charge in [-0.05, 0) is 37.9 Å². The van der Waals surface area contributed by atoms with E-state index in [0.29, 0.717) is 0 Å². The van der Waals surface area contributed by atoms with Crippen LogP contribution in [0, 0.1) is 0 Å². The highest BCUT2D eigenvalue weighted by molar-refractivity contribution is 5.80. The van der Waals surface area contributed by atoms with Gasteiger partial charge < -0.3 is 15.5 Å². The van der Waals surface area contributed by atoms with E-state index >= 15 is 0 Å². The van der Waals surface area contributed by atoms with Crippen LogP contribution in [0.5, 0.6) is 0 Å². The van der Waals surface area contributed by atoms with Gasteiger partial charge in [-0.1, -0.05) is 18.2 Å². The van der Waals surface area contributed by atoms with Gasteiger partial charge in [-0.3, -0.25) is 9.89 Å². The van der Waals surface area contributed by atoms with Gasteiger partial charge in [0.2, 0.25) is 0 Å². The molecule has 2 aliphatic heterocycles. The van der Waals surface area contributed by atoms with Crippen molar-refractivity contribution in [1.29, 1.82) is 0 Å². The molecule has 1 fully saturated rings. The van der Waals surface area contributed by atoms with Crippen molar-refractivity contribution in [3.05, 3.63) is 30.3 Å². The van der Waals surface area contributed by atoms with Crippen LogP contribution in [0.3, 0.4) is 0 Å². The van der Waals surface area contributed by atoms with Crippen LogP contribution in [0.4, 0.5) is 5.69 Å². The molecule has 5 heteroatoms. The Morgan fingerprint density at radius 1 is 1.04 bits per heavy atom. The van der Waals surface area contributed by atoms with Gasteiger partial charge in [-0.2, -0.15) is 0 Å². The lowest BCUT2D eigenvalue weighted by molar-refractivity contribution is 0.253. The van der Waals surface area contributed by atoms with E-state index in [1.807, 2.05) is 0 Å². The molecule has 0 aliphatic carbocycles. The second-order valence-corrected chi connectivity index (χ2v) is 6.31. The molecule has 3 rings (SSSR count). The molecule has 1 aromatic carbocycles. The molecule has 0 amide bonds. The van der Waals surface area contributed by atoms with Crippen molar-refractivity contribution in [2.45, 2.75) is 19.3 Å². The van der Waals surface area contributed by atoms with E-state index in [4.69, 9.17) is 0 Å². The highest BCUT2D eigenvalue weighted by atomic mass is 15.3. The first-order valence-electron chi connectivity index (χ1n) is 8.96. The minimum atomic E-state index is 0.959. The van der Waals surface area contributed by atoms with Crippen LogP contribution in [-0.4, -0.2) is 63.2 Å². The average molecular weight is 315 g/mol. The third kappa shape index (κ3) is 5.13. The Kier molecular flexibility index (Phi) is 6.15. The third-order valence-electron chi connectivity index (χ3n) is 4.58. The third-order valence-corrected chi connectivity index (χ3v) is 4.58. The fraction of sp³-hybridized carbons (Fsp3) is 0.611. The van der Waals surface area contributed by atoms with Gasteiger partial charge in [0.15, 0.2) is 5.96 Å². The number of hydrogen-bond acceptors (Lipinski definition) is 5. The molecule has 0 atom stereocenters. The van der Waals surface area contributed by atoms with Gasteiger partial charge in [0.1, 0.15) is 0 Å². The summed E-state index contributed by atoms with van der Waals surface area (Å²) < 4.78 is 0. The zero-order valence-corrected chi connectivity index (χ0v) is 14.0. The van der Waals surface area contributed by atoms with E-state index in [1.165, 1.54) is 38.2 Å². The highest BCUT2D eigenvalue weighted by Gasteiger charge is 2.16. The first-order chi connectivity index (χ1) is 11.4. The van der Waals surface area contributed by atoms with Crippen LogP contribution in [0.2, 0.25) is 0 Å². The van der Waals surface area contributed by atoms with Crippen molar-refractivity contribution >= 4 is 11.6 Å². The molecule has 126 valence electrons. The van der Waals surface area contributed by atoms with Crippen LogP contribution < -0.4 is 15.5 Å². The van der Waals surface area contributed by atoms with E-state index in [1.54, 1.807) is 0 Å². The molecule has 0 spiro atoms. The van der Waals surface area contributed by atoms with Crippen molar-refractivity contribution in [3.63, 3.8) is 0 Å². The Bertz CT molecular complexity index is 479. The zero-order valence-electron chi connectivity index (χ0n) is 14.0. The summed E-state index contributed by atoms with van der Waals surface area (Å²) in [5.41, 5.74) is 1.36. The molecular weight excluding hydrogens is 286 g/mol. The molecule has 2 aliphatic rings. The maximum Gasteiger partial charge on any atom is 0.191 e. The molecule has 23 heavy (non-hydrogen) atoms. The molecule has 0 radical (unpaired) electrons. The summed E-state index contributed by atoms with van der Waals surface area (Å²) in [6.07, 6.45) is 3.62. The van der Waals surface area contributed by atoms with Crippen LogP contribution in [0.1, 0.15) is 19.3 Å². The molecule has 2 heterocycles. The molecule has 0 saturated carbocycles. The Morgan fingerprint density at radius 3 is 2.61 bits per heavy atom. The number of nitrogens with zero attached hydrogens (tertiary/aromatic N) is 3. The lowest BCUT2D eigenvalue weighted by Gasteiger charge is -2.36. The van der Waals surface area contributed by atoms with Crippen LogP contribution >= 0.6 is 0 Å². The van der Waals surface area contributed by atoms with Crippen molar-refractivity contribution < 1.29 is 0 Å². The summed E-state index contributed by atoms with van der Waals surface area (Å²) in [5, 5.41) is 6.70. The van der Waals surface area contributed by atoms with Crippen molar-refractivity contribution in [1.82, 2.24) is 15.5 Å². The number of anilines is 1. The molecule has 2 N–H and O–H groups in total. The fourth-order valence-electron chi connectivity index (χ4n) is 3.19. The number of unbranched alkanes of at least 4 members (excludes halogenated alkanes) is 1. The van der Waals surface area contributed by atoms with Crippen LogP contribution in [-0.2, 0) is 0 Å². The quantitative estimate of drug-likeness (QED) is 0.781. The van der Waals surface area contributed by atoms with Gasteiger partial charge in [0.05, 0.1) is 0 Å². The van der Waals surface area contributed by atoms with Crippen molar-refractivity contribution in [2.75, 3.05) is 57.3 Å². The topological polar surface area (TPSA) is 42.9 Å². The Labute approximate surface area is 139 Å². The smallest absolute Gasteiger partial charge is 0.191 e. The largest absolute Gasteiger partial charge is 0.369 e. The van der Waals surface area contributed by atoms with Crippen LogP contribution in [0.15, 0.2) is 35.3 Å². The number of nitrogens with one attached hydrogen (secondary N) is 2. The summed E-state index contributed by atoms with van der Waals surface area (Å²) in [7, 11) is 0. The molecule has 0 unspecified atom stereocenters. The first kappa shape index (κ1) is 16.1. The summed E-state index contributed by atoms with van der Waals surface area (Å²) in [5.74, 6) is 0.993. The SMILES string of the molecule is c1ccc(N2CCN(CCCCNC3=NCCCN3)CC2)cc1. The maximum absolute atomic E-state index is 4.43. The average Bonchev–Trinajstić information content (AvgIpc) is 2.64. The van der Waals surface area contributed by atoms with Gasteiger partial charge >= 0.3 is 0 Å². The number of guanidine groups is 1. The minimum Gasteiger partial charge on any atom is -0.369 e. The summed E-state index contributed by atoms with van der Waals surface area (Å²) in [4.78, 5) is 9.52. The number of aliphatic imine (C=N–C) groups is 1. The predicted molar refractivity (Wildman–Crippen MR) is 97.3 cm³/mol. The van der Waals surface area contributed by atoms with E-state index in [0.717, 1.165) is 45.1 Å². The summed E-state index contributed by atoms with van der Waals surface area (Å²) in [6.45, 7) is 8.89. The minimum absolute atomic E-state index is 0.959. The molecule has 1 saturated heterocycles. The summed E-state index contributed by atoms with van der Waals surface area (Å²) >= 11 is 0. The Hall–Kier alpha value is -1.75. The number of piperazine rings is 1. The summed E-state index contributed by atoms with van der Waals surface area (Å²) in [6, 6.07) is 10.8. The maximum atomic E-state index is 4.43. The van der Waals surface area contributed by atoms with E-state index in [2.05, 4.69) is 55.8 Å². The molecule has 0 aromatic heterocycles. The van der Waals surface area contributed by atoms with Crippen molar-refractivity contribution in [3.8, 4) is 0 Å². The van der Waals surface area contributed by atoms with E-state index in [9.17, 15) is 0 Å². The standard InChI is InChI=1S/C18H29N5/c1-2-7-17(8-3-1)23-15-13-22(14-16-23)12-5-4-9-19-18-20-10-6-11-21-18/h1-3,7-8H,4-6,9-16H2,(H2,19,20,21). The monoisotopic (exact) mass is 315 g/mol. The van der Waals surface area contributed by atoms with E-state index in [-0.39, 0.29) is 0 Å². The van der Waals surface area contributed by atoms with Crippen molar-refractivity contribution in [2.24, 2.45) is 4.99 Å². The zero-order chi connectivity index (χ0) is 15.7. The second kappa shape index (κ2) is 8.77. The Balaban J connectivity index is 1.27. The van der Waals surface area contributed by atoms with E-state index < -0.39 is 0 Å². The molecular formula is C18H29N5. The second-order valence-electron chi connectivity index (χ2n) is 6.31. The lowest BCUT2D eigenvalue weighted by Crippen LogP contribution is -2.46. The molecule has 0 bridgehead atoms. The van der Waals surface area contributed by atoms with Gasteiger partial charge in [-0.15, -0.1) is 0 Å². The van der Waals surface area contributed by atoms with Gasteiger partial charge in [0, 0.05) is 51.5 Å². The number of rotatable bonds is 6. The fourth-order valence-corrected chi connectivity index (χ4v) is 3.19. The normalized spacial score (nSPS) is 19.1. The Morgan fingerprint density at radius 2 is 1.87 bits per heavy atom.